The van der Waals surface area contributed by atoms with Gasteiger partial charge in [0.15, 0.2) is 5.69 Å². The number of alkyl carbamates (subject to hydrolysis) is 1. The summed E-state index contributed by atoms with van der Waals surface area (Å²) < 4.78 is 37.7. The van der Waals surface area contributed by atoms with E-state index in [0.717, 1.165) is 25.8 Å². The summed E-state index contributed by atoms with van der Waals surface area (Å²) in [5.74, 6) is -0.0252. The number of nitrogens with one attached hydrogen (secondary N) is 1. The number of alkyl halides is 2. The second kappa shape index (κ2) is 12.1. The zero-order valence-electron chi connectivity index (χ0n) is 23.2. The van der Waals surface area contributed by atoms with E-state index in [4.69, 9.17) is 4.74 Å². The molecule has 0 bridgehead atoms. The Bertz CT molecular complexity index is 1220. The maximum absolute atomic E-state index is 13.1. The summed E-state index contributed by atoms with van der Waals surface area (Å²) in [5, 5.41) is 21.5. The Hall–Kier alpha value is -3.84. The SMILES string of the molecule is CC(C)COC(=O)NCC12CC1N(CCCCn1cc(C(=O)N(C)Cc3cccc(OC(C)(F)F)c3)nn1)N=N2. The molecule has 1 fully saturated rings. The molecule has 218 valence electrons. The van der Waals surface area contributed by atoms with Crippen molar-refractivity contribution < 1.29 is 27.8 Å². The number of halogens is 2. The molecule has 2 aliphatic rings. The van der Waals surface area contributed by atoms with Gasteiger partial charge in [-0.2, -0.15) is 13.9 Å². The molecule has 2 amide bonds. The molecule has 1 N–H and O–H groups in total. The molecule has 2 aromatic rings. The highest BCUT2D eigenvalue weighted by Gasteiger charge is 2.62. The number of carbonyl (C=O) groups excluding carboxylic acids is 2. The Morgan fingerprint density at radius 3 is 2.77 bits per heavy atom. The molecular formula is C26H36F2N8O4. The van der Waals surface area contributed by atoms with Crippen LogP contribution in [0.25, 0.3) is 0 Å². The van der Waals surface area contributed by atoms with Crippen LogP contribution in [0, 0.1) is 5.92 Å². The number of hydrogen-bond acceptors (Lipinski definition) is 9. The molecule has 0 spiro atoms. The van der Waals surface area contributed by atoms with Crippen LogP contribution < -0.4 is 10.1 Å². The van der Waals surface area contributed by atoms with Crippen molar-refractivity contribution in [1.29, 1.82) is 0 Å². The van der Waals surface area contributed by atoms with Gasteiger partial charge in [0.25, 0.3) is 5.91 Å². The van der Waals surface area contributed by atoms with Gasteiger partial charge in [-0.05, 0) is 36.5 Å². The molecule has 1 saturated carbocycles. The number of aryl methyl sites for hydroxylation is 1. The fourth-order valence-electron chi connectivity index (χ4n) is 4.43. The molecule has 1 aromatic heterocycles. The lowest BCUT2D eigenvalue weighted by atomic mass is 10.2. The fourth-order valence-corrected chi connectivity index (χ4v) is 4.43. The summed E-state index contributed by atoms with van der Waals surface area (Å²) in [6.07, 6.45) is 0.373. The van der Waals surface area contributed by atoms with Crippen molar-refractivity contribution in [3.8, 4) is 5.75 Å². The first-order valence-corrected chi connectivity index (χ1v) is 13.4. The third-order valence-electron chi connectivity index (χ3n) is 6.56. The Kier molecular flexibility index (Phi) is 8.84. The summed E-state index contributed by atoms with van der Waals surface area (Å²) in [6, 6.07) is 6.43. The number of ether oxygens (including phenoxy) is 2. The Morgan fingerprint density at radius 2 is 2.05 bits per heavy atom. The Labute approximate surface area is 231 Å². The molecule has 1 aromatic carbocycles. The van der Waals surface area contributed by atoms with E-state index in [1.165, 1.54) is 17.0 Å². The van der Waals surface area contributed by atoms with Crippen LogP contribution in [0.15, 0.2) is 40.8 Å². The van der Waals surface area contributed by atoms with Crippen LogP contribution in [0.2, 0.25) is 0 Å². The minimum absolute atomic E-state index is 0.0260. The van der Waals surface area contributed by atoms with Crippen molar-refractivity contribution >= 4 is 12.0 Å². The van der Waals surface area contributed by atoms with Crippen LogP contribution in [0.4, 0.5) is 13.6 Å². The zero-order valence-corrected chi connectivity index (χ0v) is 23.2. The van der Waals surface area contributed by atoms with E-state index in [1.54, 1.807) is 30.1 Å². The maximum atomic E-state index is 13.1. The highest BCUT2D eigenvalue weighted by molar-refractivity contribution is 5.91. The number of benzene rings is 1. The van der Waals surface area contributed by atoms with Gasteiger partial charge < -0.3 is 19.7 Å². The normalized spacial score (nSPS) is 19.5. The van der Waals surface area contributed by atoms with E-state index in [0.29, 0.717) is 32.2 Å². The molecule has 1 aliphatic heterocycles. The van der Waals surface area contributed by atoms with Gasteiger partial charge in [0, 0.05) is 40.0 Å². The van der Waals surface area contributed by atoms with E-state index in [-0.39, 0.29) is 41.4 Å². The quantitative estimate of drug-likeness (QED) is 0.346. The van der Waals surface area contributed by atoms with Gasteiger partial charge >= 0.3 is 12.2 Å². The van der Waals surface area contributed by atoms with Crippen LogP contribution in [0.5, 0.6) is 5.75 Å². The molecule has 0 saturated heterocycles. The Morgan fingerprint density at radius 1 is 1.27 bits per heavy atom. The van der Waals surface area contributed by atoms with Gasteiger partial charge in [0.2, 0.25) is 0 Å². The molecule has 2 unspecified atom stereocenters. The number of fused-ring (bicyclic) bond motifs is 1. The fraction of sp³-hybridized carbons (Fsp3) is 0.615. The lowest BCUT2D eigenvalue weighted by Gasteiger charge is -2.17. The van der Waals surface area contributed by atoms with Crippen molar-refractivity contribution in [1.82, 2.24) is 30.2 Å². The van der Waals surface area contributed by atoms with E-state index in [9.17, 15) is 18.4 Å². The van der Waals surface area contributed by atoms with E-state index < -0.39 is 12.2 Å². The lowest BCUT2D eigenvalue weighted by molar-refractivity contribution is -0.159. The van der Waals surface area contributed by atoms with E-state index in [2.05, 4.69) is 30.7 Å². The lowest BCUT2D eigenvalue weighted by Crippen LogP contribution is -2.35. The van der Waals surface area contributed by atoms with Crippen LogP contribution in [0.1, 0.15) is 56.1 Å². The molecule has 12 nitrogen and oxygen atoms in total. The van der Waals surface area contributed by atoms with Gasteiger partial charge in [0.1, 0.15) is 11.3 Å². The summed E-state index contributed by atoms with van der Waals surface area (Å²) >= 11 is 0. The number of aromatic nitrogens is 3. The molecule has 2 heterocycles. The van der Waals surface area contributed by atoms with Crippen molar-refractivity contribution in [2.75, 3.05) is 26.7 Å². The van der Waals surface area contributed by atoms with Crippen molar-refractivity contribution in [3.63, 3.8) is 0 Å². The summed E-state index contributed by atoms with van der Waals surface area (Å²) in [5.41, 5.74) is 0.496. The molecule has 4 rings (SSSR count). The topological polar surface area (TPSA) is 127 Å². The van der Waals surface area contributed by atoms with Crippen LogP contribution in [-0.2, 0) is 17.8 Å². The predicted molar refractivity (Wildman–Crippen MR) is 140 cm³/mol. The van der Waals surface area contributed by atoms with Gasteiger partial charge in [-0.15, -0.1) is 5.10 Å². The number of unbranched alkanes of at least 4 members (excludes halogenated alkanes) is 1. The summed E-state index contributed by atoms with van der Waals surface area (Å²) in [4.78, 5) is 26.1. The molecule has 2 atom stereocenters. The molecule has 40 heavy (non-hydrogen) atoms. The number of hydrogen-bond donors (Lipinski definition) is 1. The van der Waals surface area contributed by atoms with Gasteiger partial charge in [0.05, 0.1) is 25.4 Å². The maximum Gasteiger partial charge on any atom is 0.407 e. The molecule has 0 radical (unpaired) electrons. The highest BCUT2D eigenvalue weighted by atomic mass is 19.3. The number of amides is 2. The first kappa shape index (κ1) is 29.2. The van der Waals surface area contributed by atoms with E-state index >= 15 is 0 Å². The highest BCUT2D eigenvalue weighted by Crippen LogP contribution is 2.48. The van der Waals surface area contributed by atoms with Crippen molar-refractivity contribution in [2.24, 2.45) is 16.3 Å². The first-order chi connectivity index (χ1) is 18.9. The number of carbonyl (C=O) groups is 2. The van der Waals surface area contributed by atoms with Crippen molar-refractivity contribution in [2.45, 2.75) is 70.8 Å². The van der Waals surface area contributed by atoms with Gasteiger partial charge in [-0.3, -0.25) is 14.5 Å². The second-order valence-corrected chi connectivity index (χ2v) is 10.8. The average molecular weight is 563 g/mol. The molecule has 14 heteroatoms. The predicted octanol–water partition coefficient (Wildman–Crippen LogP) is 3.90. The molecular weight excluding hydrogens is 526 g/mol. The third-order valence-corrected chi connectivity index (χ3v) is 6.56. The average Bonchev–Trinajstić information content (AvgIpc) is 3.22. The first-order valence-electron chi connectivity index (χ1n) is 13.4. The van der Waals surface area contributed by atoms with Gasteiger partial charge in [-0.1, -0.05) is 36.4 Å². The molecule has 1 aliphatic carbocycles. The minimum Gasteiger partial charge on any atom is -0.449 e. The minimum atomic E-state index is -3.29. The standard InChI is InChI=1S/C26H36F2N8O4/c1-18(2)16-39-24(38)29-17-26-13-22(26)36(33-31-26)11-6-5-10-35-15-21(30-32-35)23(37)34(4)14-19-8-7-9-20(12-19)40-25(3,27)28/h7-9,12,15,18,22H,5-6,10-11,13-14,16-17H2,1-4H3,(H,29,38). The number of rotatable bonds is 14. The van der Waals surface area contributed by atoms with Crippen LogP contribution in [0.3, 0.4) is 0 Å². The summed E-state index contributed by atoms with van der Waals surface area (Å²) in [7, 11) is 1.61. The Balaban J connectivity index is 1.16. The van der Waals surface area contributed by atoms with Crippen LogP contribution >= 0.6 is 0 Å². The largest absolute Gasteiger partial charge is 0.449 e. The van der Waals surface area contributed by atoms with E-state index in [1.807, 2.05) is 18.9 Å². The van der Waals surface area contributed by atoms with Gasteiger partial charge in [-0.25, -0.2) is 4.79 Å². The smallest absolute Gasteiger partial charge is 0.407 e. The second-order valence-electron chi connectivity index (χ2n) is 10.8. The number of nitrogens with zero attached hydrogens (tertiary/aromatic N) is 7. The monoisotopic (exact) mass is 562 g/mol. The zero-order chi connectivity index (χ0) is 28.9. The summed E-state index contributed by atoms with van der Waals surface area (Å²) in [6.45, 7) is 6.92. The third kappa shape index (κ3) is 7.85. The van der Waals surface area contributed by atoms with Crippen molar-refractivity contribution in [3.05, 3.63) is 41.7 Å². The van der Waals surface area contributed by atoms with Crippen LogP contribution in [-0.4, -0.2) is 81.3 Å².